The lowest BCUT2D eigenvalue weighted by Crippen LogP contribution is -2.39. The fourth-order valence-corrected chi connectivity index (χ4v) is 3.79. The van der Waals surface area contributed by atoms with E-state index in [2.05, 4.69) is 15.6 Å². The number of fused-ring (bicyclic) bond motifs is 1. The predicted octanol–water partition coefficient (Wildman–Crippen LogP) is 1.55. The summed E-state index contributed by atoms with van der Waals surface area (Å²) in [7, 11) is -3.00. The lowest BCUT2D eigenvalue weighted by Gasteiger charge is -2.12. The van der Waals surface area contributed by atoms with Crippen molar-refractivity contribution in [3.63, 3.8) is 0 Å². The van der Waals surface area contributed by atoms with Crippen LogP contribution in [0.1, 0.15) is 17.9 Å². The molecule has 1 unspecified atom stereocenters. The molecule has 1 aromatic heterocycles. The van der Waals surface area contributed by atoms with Gasteiger partial charge in [-0.3, -0.25) is 4.99 Å². The maximum atomic E-state index is 11.0. The van der Waals surface area contributed by atoms with E-state index in [1.165, 1.54) is 6.26 Å². The molecule has 0 saturated carbocycles. The molecule has 3 N–H and O–H groups in total. The van der Waals surface area contributed by atoms with Crippen LogP contribution in [0.25, 0.3) is 10.1 Å². The summed E-state index contributed by atoms with van der Waals surface area (Å²) in [5, 5.41) is 17.8. The number of aliphatic hydroxyl groups is 1. The van der Waals surface area contributed by atoms with E-state index in [9.17, 15) is 13.5 Å². The number of hydrogen-bond acceptors (Lipinski definition) is 6. The van der Waals surface area contributed by atoms with Crippen LogP contribution in [0.5, 0.6) is 0 Å². The Kier molecular flexibility index (Phi) is 8.49. The lowest BCUT2D eigenvalue weighted by molar-refractivity contribution is 0.154. The summed E-state index contributed by atoms with van der Waals surface area (Å²) in [5.74, 6) is 0.604. The van der Waals surface area contributed by atoms with Gasteiger partial charge in [-0.05, 0) is 24.4 Å². The van der Waals surface area contributed by atoms with Crippen molar-refractivity contribution in [3.05, 3.63) is 35.2 Å². The first-order valence-corrected chi connectivity index (χ1v) is 11.7. The average Bonchev–Trinajstić information content (AvgIpc) is 3.05. The number of hydrogen-bond donors (Lipinski definition) is 3. The lowest BCUT2D eigenvalue weighted by atomic mass is 10.2. The van der Waals surface area contributed by atoms with E-state index in [1.807, 2.05) is 37.3 Å². The first-order chi connectivity index (χ1) is 12.9. The van der Waals surface area contributed by atoms with Crippen LogP contribution in [0.15, 0.2) is 35.3 Å². The Labute approximate surface area is 164 Å². The first-order valence-electron chi connectivity index (χ1n) is 8.83. The highest BCUT2D eigenvalue weighted by atomic mass is 32.2. The van der Waals surface area contributed by atoms with Crippen LogP contribution in [0, 0.1) is 0 Å². The molecule has 0 spiro atoms. The SMILES string of the molecule is CCNC(=NCC(O)c1cc2ccccc2s1)NCCOCCS(C)(=O)=O. The Bertz CT molecular complexity index is 816. The van der Waals surface area contributed by atoms with Crippen molar-refractivity contribution < 1.29 is 18.3 Å². The van der Waals surface area contributed by atoms with Crippen molar-refractivity contribution in [2.75, 3.05) is 44.9 Å². The highest BCUT2D eigenvalue weighted by Gasteiger charge is 2.11. The summed E-state index contributed by atoms with van der Waals surface area (Å²) >= 11 is 1.57. The maximum absolute atomic E-state index is 11.0. The van der Waals surface area contributed by atoms with Crippen molar-refractivity contribution >= 4 is 37.2 Å². The number of ether oxygens (including phenoxy) is 1. The highest BCUT2D eigenvalue weighted by molar-refractivity contribution is 7.90. The number of benzene rings is 1. The highest BCUT2D eigenvalue weighted by Crippen LogP contribution is 2.29. The van der Waals surface area contributed by atoms with E-state index >= 15 is 0 Å². The van der Waals surface area contributed by atoms with Crippen LogP contribution in [0.2, 0.25) is 0 Å². The van der Waals surface area contributed by atoms with Crippen LogP contribution < -0.4 is 10.6 Å². The summed E-state index contributed by atoms with van der Waals surface area (Å²) in [6.45, 7) is 3.95. The zero-order chi connectivity index (χ0) is 19.7. The van der Waals surface area contributed by atoms with Crippen molar-refractivity contribution in [1.82, 2.24) is 10.6 Å². The first kappa shape index (κ1) is 21.6. The molecular weight excluding hydrogens is 386 g/mol. The van der Waals surface area contributed by atoms with Gasteiger partial charge in [0.2, 0.25) is 0 Å². The molecule has 1 atom stereocenters. The Morgan fingerprint density at radius 3 is 2.78 bits per heavy atom. The maximum Gasteiger partial charge on any atom is 0.191 e. The number of sulfone groups is 1. The number of aliphatic hydroxyl groups excluding tert-OH is 1. The Morgan fingerprint density at radius 2 is 2.07 bits per heavy atom. The average molecular weight is 414 g/mol. The molecule has 0 aliphatic heterocycles. The Morgan fingerprint density at radius 1 is 1.30 bits per heavy atom. The second-order valence-corrected chi connectivity index (χ2v) is 9.47. The summed E-state index contributed by atoms with van der Waals surface area (Å²) < 4.78 is 28.5. The molecule has 7 nitrogen and oxygen atoms in total. The van der Waals surface area contributed by atoms with Gasteiger partial charge in [0.05, 0.1) is 25.5 Å². The largest absolute Gasteiger partial charge is 0.386 e. The van der Waals surface area contributed by atoms with Crippen LogP contribution >= 0.6 is 11.3 Å². The third kappa shape index (κ3) is 7.84. The molecule has 0 saturated heterocycles. The third-order valence-corrected chi connectivity index (χ3v) is 5.80. The molecule has 0 aliphatic carbocycles. The van der Waals surface area contributed by atoms with E-state index in [1.54, 1.807) is 11.3 Å². The van der Waals surface area contributed by atoms with Gasteiger partial charge in [0.15, 0.2) is 5.96 Å². The zero-order valence-electron chi connectivity index (χ0n) is 15.6. The quantitative estimate of drug-likeness (QED) is 0.310. The molecule has 2 aromatic rings. The summed E-state index contributed by atoms with van der Waals surface area (Å²) in [4.78, 5) is 5.31. The number of aliphatic imine (C=N–C) groups is 1. The minimum Gasteiger partial charge on any atom is -0.386 e. The van der Waals surface area contributed by atoms with Crippen LogP contribution in [0.4, 0.5) is 0 Å². The topological polar surface area (TPSA) is 100 Å². The smallest absolute Gasteiger partial charge is 0.191 e. The van der Waals surface area contributed by atoms with Gasteiger partial charge in [-0.15, -0.1) is 11.3 Å². The van der Waals surface area contributed by atoms with Gasteiger partial charge in [0.25, 0.3) is 0 Å². The van der Waals surface area contributed by atoms with Gasteiger partial charge < -0.3 is 20.5 Å². The van der Waals surface area contributed by atoms with Crippen molar-refractivity contribution in [3.8, 4) is 0 Å². The predicted molar refractivity (Wildman–Crippen MR) is 111 cm³/mol. The zero-order valence-corrected chi connectivity index (χ0v) is 17.3. The minimum atomic E-state index is -3.00. The van der Waals surface area contributed by atoms with Crippen molar-refractivity contribution in [2.24, 2.45) is 4.99 Å². The number of rotatable bonds is 10. The second-order valence-electron chi connectivity index (χ2n) is 6.09. The van der Waals surface area contributed by atoms with Gasteiger partial charge in [-0.1, -0.05) is 18.2 Å². The number of nitrogens with zero attached hydrogens (tertiary/aromatic N) is 1. The molecule has 0 aliphatic rings. The fourth-order valence-electron chi connectivity index (χ4n) is 2.33. The third-order valence-electron chi connectivity index (χ3n) is 3.68. The molecule has 2 rings (SSSR count). The van der Waals surface area contributed by atoms with Gasteiger partial charge >= 0.3 is 0 Å². The van der Waals surface area contributed by atoms with Crippen molar-refractivity contribution in [1.29, 1.82) is 0 Å². The molecule has 27 heavy (non-hydrogen) atoms. The molecule has 0 amide bonds. The molecule has 0 fully saturated rings. The summed E-state index contributed by atoms with van der Waals surface area (Å²) in [6, 6.07) is 10.0. The van der Waals surface area contributed by atoms with E-state index in [-0.39, 0.29) is 18.9 Å². The van der Waals surface area contributed by atoms with E-state index in [0.29, 0.717) is 25.7 Å². The fraction of sp³-hybridized carbons (Fsp3) is 0.500. The van der Waals surface area contributed by atoms with Gasteiger partial charge in [0.1, 0.15) is 15.9 Å². The van der Waals surface area contributed by atoms with Gasteiger partial charge in [-0.25, -0.2) is 8.42 Å². The van der Waals surface area contributed by atoms with E-state index < -0.39 is 15.9 Å². The molecule has 9 heteroatoms. The minimum absolute atomic E-state index is 0.0164. The molecule has 0 bridgehead atoms. The number of guanidine groups is 1. The molecule has 0 radical (unpaired) electrons. The Hall–Kier alpha value is -1.68. The van der Waals surface area contributed by atoms with E-state index in [0.717, 1.165) is 15.0 Å². The summed E-state index contributed by atoms with van der Waals surface area (Å²) in [6.07, 6.45) is 0.524. The molecule has 1 aromatic carbocycles. The molecular formula is C18H27N3O4S2. The van der Waals surface area contributed by atoms with Crippen LogP contribution in [-0.4, -0.2) is 64.3 Å². The van der Waals surface area contributed by atoms with Gasteiger partial charge in [-0.2, -0.15) is 0 Å². The number of thiophene rings is 1. The normalized spacial score (nSPS) is 13.7. The second kappa shape index (κ2) is 10.6. The monoisotopic (exact) mass is 413 g/mol. The van der Waals surface area contributed by atoms with Gasteiger partial charge in [0, 0.05) is 28.9 Å². The molecule has 150 valence electrons. The van der Waals surface area contributed by atoms with Crippen LogP contribution in [-0.2, 0) is 14.6 Å². The summed E-state index contributed by atoms with van der Waals surface area (Å²) in [5.41, 5.74) is 0. The molecule has 1 heterocycles. The standard InChI is InChI=1S/C18H27N3O4S2/c1-3-19-18(20-8-9-25-10-11-27(2,23)24)21-13-15(22)17-12-14-6-4-5-7-16(14)26-17/h4-7,12,15,22H,3,8-11,13H2,1-2H3,(H2,19,20,21). The Balaban J connectivity index is 1.81. The van der Waals surface area contributed by atoms with Crippen molar-refractivity contribution in [2.45, 2.75) is 13.0 Å². The number of nitrogens with one attached hydrogen (secondary N) is 2. The van der Waals surface area contributed by atoms with Crippen LogP contribution in [0.3, 0.4) is 0 Å². The van der Waals surface area contributed by atoms with E-state index in [4.69, 9.17) is 4.74 Å².